The van der Waals surface area contributed by atoms with E-state index in [0.717, 1.165) is 6.42 Å². The number of hydrogen-bond acceptors (Lipinski definition) is 2. The van der Waals surface area contributed by atoms with E-state index in [0.29, 0.717) is 23.1 Å². The number of hydrogen-bond donors (Lipinski definition) is 1. The number of carbonyl (C=O) groups is 1. The molecule has 0 saturated heterocycles. The summed E-state index contributed by atoms with van der Waals surface area (Å²) in [5.74, 6) is -0.351. The van der Waals surface area contributed by atoms with Gasteiger partial charge in [-0.2, -0.15) is 0 Å². The molecule has 19 heavy (non-hydrogen) atoms. The molecule has 0 aliphatic heterocycles. The van der Waals surface area contributed by atoms with Crippen molar-refractivity contribution in [1.82, 2.24) is 5.32 Å². The fraction of sp³-hybridized carbons (Fsp3) is 0.267. The van der Waals surface area contributed by atoms with Crippen molar-refractivity contribution in [3.05, 3.63) is 47.5 Å². The maximum absolute atomic E-state index is 13.2. The van der Waals surface area contributed by atoms with Crippen LogP contribution in [0.5, 0.6) is 0 Å². The van der Waals surface area contributed by atoms with E-state index < -0.39 is 0 Å². The van der Waals surface area contributed by atoms with E-state index in [2.05, 4.69) is 5.32 Å². The van der Waals surface area contributed by atoms with Crippen molar-refractivity contribution >= 4 is 16.9 Å². The molecule has 2 aromatic rings. The third-order valence-electron chi connectivity index (χ3n) is 2.94. The summed E-state index contributed by atoms with van der Waals surface area (Å²) in [5, 5.41) is 3.41. The average Bonchev–Trinajstić information content (AvgIpc) is 2.72. The van der Waals surface area contributed by atoms with Crippen molar-refractivity contribution in [2.45, 2.75) is 20.3 Å². The molecule has 1 amide bonds. The second kappa shape index (κ2) is 5.69. The summed E-state index contributed by atoms with van der Waals surface area (Å²) in [6.45, 7) is 4.24. The topological polar surface area (TPSA) is 42.2 Å². The summed E-state index contributed by atoms with van der Waals surface area (Å²) in [7, 11) is 0. The zero-order valence-corrected chi connectivity index (χ0v) is 11.0. The summed E-state index contributed by atoms with van der Waals surface area (Å²) in [5.41, 5.74) is 1.19. The fourth-order valence-electron chi connectivity index (χ4n) is 1.93. The first-order valence-corrected chi connectivity index (χ1v) is 6.21. The van der Waals surface area contributed by atoms with Crippen LogP contribution in [0.3, 0.4) is 0 Å². The fourth-order valence-corrected chi connectivity index (χ4v) is 1.93. The molecule has 3 nitrogen and oxygen atoms in total. The Labute approximate surface area is 111 Å². The van der Waals surface area contributed by atoms with Crippen molar-refractivity contribution in [3.8, 4) is 0 Å². The molecule has 4 heteroatoms. The second-order valence-electron chi connectivity index (χ2n) is 4.31. The summed E-state index contributed by atoms with van der Waals surface area (Å²) >= 11 is 0. The second-order valence-corrected chi connectivity index (χ2v) is 4.31. The van der Waals surface area contributed by atoms with Crippen molar-refractivity contribution in [2.75, 3.05) is 6.54 Å². The van der Waals surface area contributed by atoms with Gasteiger partial charge in [-0.25, -0.2) is 4.39 Å². The summed E-state index contributed by atoms with van der Waals surface area (Å²) in [4.78, 5) is 12.0. The molecule has 100 valence electrons. The average molecular weight is 261 g/mol. The highest BCUT2D eigenvalue weighted by Crippen LogP contribution is 2.25. The van der Waals surface area contributed by atoms with Crippen LogP contribution in [0.1, 0.15) is 29.5 Å². The first-order chi connectivity index (χ1) is 9.13. The monoisotopic (exact) mass is 261 g/mol. The highest BCUT2D eigenvalue weighted by atomic mass is 19.1. The Morgan fingerprint density at radius 3 is 3.00 bits per heavy atom. The van der Waals surface area contributed by atoms with Gasteiger partial charge in [0, 0.05) is 17.5 Å². The van der Waals surface area contributed by atoms with Crippen LogP contribution >= 0.6 is 0 Å². The van der Waals surface area contributed by atoms with Crippen LogP contribution in [-0.2, 0) is 0 Å². The van der Waals surface area contributed by atoms with Crippen LogP contribution in [0.2, 0.25) is 0 Å². The molecule has 0 unspecified atom stereocenters. The number of halogens is 1. The van der Waals surface area contributed by atoms with Gasteiger partial charge in [0.2, 0.25) is 0 Å². The van der Waals surface area contributed by atoms with Crippen LogP contribution in [0.15, 0.2) is 34.8 Å². The van der Waals surface area contributed by atoms with Gasteiger partial charge in [0.1, 0.15) is 11.4 Å². The number of furan rings is 1. The highest BCUT2D eigenvalue weighted by molar-refractivity contribution is 5.98. The van der Waals surface area contributed by atoms with E-state index in [1.165, 1.54) is 18.2 Å². The van der Waals surface area contributed by atoms with Crippen molar-refractivity contribution < 1.29 is 13.6 Å². The Hall–Kier alpha value is -2.10. The Morgan fingerprint density at radius 2 is 2.26 bits per heavy atom. The molecule has 0 atom stereocenters. The third-order valence-corrected chi connectivity index (χ3v) is 2.94. The molecular formula is C15H16FNO2. The minimum absolute atomic E-state index is 0.251. The van der Waals surface area contributed by atoms with Gasteiger partial charge in [-0.1, -0.05) is 12.2 Å². The molecule has 1 heterocycles. The molecule has 0 radical (unpaired) electrons. The minimum Gasteiger partial charge on any atom is -0.451 e. The number of rotatable bonds is 4. The molecule has 0 aliphatic carbocycles. The van der Waals surface area contributed by atoms with Crippen molar-refractivity contribution in [1.29, 1.82) is 0 Å². The number of amides is 1. The Bertz CT molecular complexity index is 628. The largest absolute Gasteiger partial charge is 0.451 e. The van der Waals surface area contributed by atoms with E-state index in [-0.39, 0.29) is 17.5 Å². The zero-order valence-electron chi connectivity index (χ0n) is 11.0. The van der Waals surface area contributed by atoms with Crippen LogP contribution in [0, 0.1) is 12.7 Å². The number of aryl methyl sites for hydroxylation is 1. The van der Waals surface area contributed by atoms with E-state index in [4.69, 9.17) is 4.42 Å². The van der Waals surface area contributed by atoms with E-state index in [1.807, 2.05) is 19.1 Å². The van der Waals surface area contributed by atoms with Gasteiger partial charge in [0.15, 0.2) is 5.76 Å². The molecule has 0 aliphatic rings. The molecule has 0 spiro atoms. The van der Waals surface area contributed by atoms with Gasteiger partial charge in [-0.05, 0) is 38.5 Å². The van der Waals surface area contributed by atoms with E-state index >= 15 is 0 Å². The minimum atomic E-state index is -0.337. The Morgan fingerprint density at radius 1 is 1.47 bits per heavy atom. The summed E-state index contributed by atoms with van der Waals surface area (Å²) < 4.78 is 18.6. The summed E-state index contributed by atoms with van der Waals surface area (Å²) in [6, 6.07) is 4.23. The quantitative estimate of drug-likeness (QED) is 0.675. The Balaban J connectivity index is 2.20. The number of benzene rings is 1. The standard InChI is InChI=1S/C15H16FNO2/c1-3-4-5-8-17-15(18)14-10(2)12-9-11(16)6-7-13(12)19-14/h3-4,6-7,9H,5,8H2,1-2H3,(H,17,18)/b4-3+. The molecular weight excluding hydrogens is 245 g/mol. The van der Waals surface area contributed by atoms with Gasteiger partial charge >= 0.3 is 0 Å². The molecule has 1 aromatic carbocycles. The number of carbonyl (C=O) groups excluding carboxylic acids is 1. The molecule has 0 bridgehead atoms. The van der Waals surface area contributed by atoms with Crippen LogP contribution < -0.4 is 5.32 Å². The lowest BCUT2D eigenvalue weighted by Crippen LogP contribution is -2.24. The first-order valence-electron chi connectivity index (χ1n) is 6.21. The molecule has 0 saturated carbocycles. The van der Waals surface area contributed by atoms with Crippen LogP contribution in [0.4, 0.5) is 4.39 Å². The predicted octanol–water partition coefficient (Wildman–Crippen LogP) is 3.58. The first kappa shape index (κ1) is 13.3. The molecule has 0 fully saturated rings. The molecule has 1 aromatic heterocycles. The smallest absolute Gasteiger partial charge is 0.287 e. The van der Waals surface area contributed by atoms with Gasteiger partial charge in [0.25, 0.3) is 5.91 Å². The number of nitrogens with one attached hydrogen (secondary N) is 1. The number of allylic oxidation sites excluding steroid dienone is 1. The van der Waals surface area contributed by atoms with Gasteiger partial charge in [0.05, 0.1) is 0 Å². The highest BCUT2D eigenvalue weighted by Gasteiger charge is 2.17. The van der Waals surface area contributed by atoms with Gasteiger partial charge in [-0.3, -0.25) is 4.79 Å². The van der Waals surface area contributed by atoms with Gasteiger partial charge in [-0.15, -0.1) is 0 Å². The maximum Gasteiger partial charge on any atom is 0.287 e. The molecule has 1 N–H and O–H groups in total. The van der Waals surface area contributed by atoms with Crippen LogP contribution in [0.25, 0.3) is 11.0 Å². The van der Waals surface area contributed by atoms with Gasteiger partial charge < -0.3 is 9.73 Å². The SMILES string of the molecule is C/C=C/CCNC(=O)c1oc2ccc(F)cc2c1C. The predicted molar refractivity (Wildman–Crippen MR) is 72.7 cm³/mol. The lowest BCUT2D eigenvalue weighted by atomic mass is 10.1. The Kier molecular flexibility index (Phi) is 4.00. The lowest BCUT2D eigenvalue weighted by Gasteiger charge is -2.01. The number of fused-ring (bicyclic) bond motifs is 1. The van der Waals surface area contributed by atoms with Crippen LogP contribution in [-0.4, -0.2) is 12.5 Å². The normalized spacial score (nSPS) is 11.3. The summed E-state index contributed by atoms with van der Waals surface area (Å²) in [6.07, 6.45) is 4.68. The molecule has 2 rings (SSSR count). The third kappa shape index (κ3) is 2.84. The lowest BCUT2D eigenvalue weighted by molar-refractivity contribution is 0.0928. The van der Waals surface area contributed by atoms with E-state index in [9.17, 15) is 9.18 Å². The van der Waals surface area contributed by atoms with E-state index in [1.54, 1.807) is 6.92 Å². The van der Waals surface area contributed by atoms with Crippen molar-refractivity contribution in [3.63, 3.8) is 0 Å². The zero-order chi connectivity index (χ0) is 13.8. The van der Waals surface area contributed by atoms with Crippen molar-refractivity contribution in [2.24, 2.45) is 0 Å². The maximum atomic E-state index is 13.2.